The van der Waals surface area contributed by atoms with Gasteiger partial charge in [0.2, 0.25) is 0 Å². The van der Waals surface area contributed by atoms with Crippen LogP contribution in [-0.2, 0) is 9.59 Å². The number of nitrogens with one attached hydrogen (secondary N) is 1. The standard InChI is InChI=1S/C29H25F3N2O4/c1-37-24-13-12-18(16-25(24)38-2)27-26-21(14-19(15-23(26)35)17-8-4-3-5-9-17)33-20-10-6-7-11-22(20)34(27)28(36)29(30,31)32/h3-13,16,19,27,33H,14-15H2,1-2H3/t19-,27-/m1/s1. The van der Waals surface area contributed by atoms with E-state index in [4.69, 9.17) is 9.47 Å². The first-order valence-corrected chi connectivity index (χ1v) is 12.0. The zero-order valence-corrected chi connectivity index (χ0v) is 20.7. The van der Waals surface area contributed by atoms with E-state index in [1.807, 2.05) is 30.3 Å². The Hall–Kier alpha value is -4.27. The second kappa shape index (κ2) is 9.89. The number of allylic oxidation sites excluding steroid dienone is 1. The Kier molecular flexibility index (Phi) is 6.60. The third-order valence-electron chi connectivity index (χ3n) is 6.94. The number of hydrogen-bond acceptors (Lipinski definition) is 5. The Morgan fingerprint density at radius 3 is 2.26 bits per heavy atom. The first-order chi connectivity index (χ1) is 18.2. The molecular weight excluding hydrogens is 497 g/mol. The molecule has 0 fully saturated rings. The van der Waals surface area contributed by atoms with Crippen LogP contribution in [0.3, 0.4) is 0 Å². The lowest BCUT2D eigenvalue weighted by Gasteiger charge is -2.35. The van der Waals surface area contributed by atoms with Gasteiger partial charge in [-0.2, -0.15) is 13.2 Å². The van der Waals surface area contributed by atoms with Crippen LogP contribution >= 0.6 is 0 Å². The summed E-state index contributed by atoms with van der Waals surface area (Å²) in [6, 6.07) is 19.0. The number of rotatable bonds is 4. The lowest BCUT2D eigenvalue weighted by atomic mass is 9.78. The van der Waals surface area contributed by atoms with Gasteiger partial charge in [-0.05, 0) is 47.7 Å². The summed E-state index contributed by atoms with van der Waals surface area (Å²) in [4.78, 5) is 27.5. The van der Waals surface area contributed by atoms with Crippen molar-refractivity contribution >= 4 is 23.1 Å². The van der Waals surface area contributed by atoms with Crippen molar-refractivity contribution in [3.05, 3.63) is 95.2 Å². The van der Waals surface area contributed by atoms with Crippen molar-refractivity contribution in [2.75, 3.05) is 24.4 Å². The Bertz CT molecular complexity index is 1420. The molecule has 1 amide bonds. The van der Waals surface area contributed by atoms with Crippen LogP contribution in [0.5, 0.6) is 11.5 Å². The van der Waals surface area contributed by atoms with E-state index >= 15 is 0 Å². The second-order valence-electron chi connectivity index (χ2n) is 9.16. The van der Waals surface area contributed by atoms with E-state index in [9.17, 15) is 22.8 Å². The SMILES string of the molecule is COc1ccc([C@@H]2C3=C(C[C@@H](c4ccccc4)CC3=O)Nc3ccccc3N2C(=O)C(F)(F)F)cc1OC. The average molecular weight is 523 g/mol. The van der Waals surface area contributed by atoms with Gasteiger partial charge in [-0.15, -0.1) is 0 Å². The number of hydrogen-bond donors (Lipinski definition) is 1. The van der Waals surface area contributed by atoms with Crippen molar-refractivity contribution in [3.8, 4) is 11.5 Å². The van der Waals surface area contributed by atoms with E-state index in [-0.39, 0.29) is 40.7 Å². The predicted molar refractivity (Wildman–Crippen MR) is 136 cm³/mol. The quantitative estimate of drug-likeness (QED) is 0.444. The van der Waals surface area contributed by atoms with Gasteiger partial charge in [0.05, 0.1) is 31.6 Å². The average Bonchev–Trinajstić information content (AvgIpc) is 3.06. The number of fused-ring (bicyclic) bond motifs is 1. The highest BCUT2D eigenvalue weighted by Gasteiger charge is 2.50. The maximum atomic E-state index is 14.1. The number of nitrogens with zero attached hydrogens (tertiary/aromatic N) is 1. The number of ether oxygens (including phenoxy) is 2. The molecule has 38 heavy (non-hydrogen) atoms. The van der Waals surface area contributed by atoms with Gasteiger partial charge in [0, 0.05) is 17.7 Å². The molecule has 0 saturated carbocycles. The third-order valence-corrected chi connectivity index (χ3v) is 6.94. The normalized spacial score (nSPS) is 19.2. The summed E-state index contributed by atoms with van der Waals surface area (Å²) in [5, 5.41) is 3.22. The highest BCUT2D eigenvalue weighted by molar-refractivity contribution is 6.07. The van der Waals surface area contributed by atoms with Gasteiger partial charge < -0.3 is 14.8 Å². The summed E-state index contributed by atoms with van der Waals surface area (Å²) in [6.45, 7) is 0. The van der Waals surface area contributed by atoms with E-state index in [1.54, 1.807) is 30.3 Å². The van der Waals surface area contributed by atoms with Gasteiger partial charge in [0.15, 0.2) is 17.3 Å². The van der Waals surface area contributed by atoms with Gasteiger partial charge in [-0.1, -0.05) is 48.5 Å². The van der Waals surface area contributed by atoms with Crippen molar-refractivity contribution in [2.45, 2.75) is 31.0 Å². The molecule has 3 aromatic carbocycles. The monoisotopic (exact) mass is 522 g/mol. The molecule has 6 nitrogen and oxygen atoms in total. The van der Waals surface area contributed by atoms with E-state index in [2.05, 4.69) is 5.32 Å². The summed E-state index contributed by atoms with van der Waals surface area (Å²) >= 11 is 0. The summed E-state index contributed by atoms with van der Waals surface area (Å²) in [6.07, 6.45) is -4.70. The fourth-order valence-electron chi connectivity index (χ4n) is 5.25. The lowest BCUT2D eigenvalue weighted by molar-refractivity contribution is -0.170. The molecule has 0 spiro atoms. The highest BCUT2D eigenvalue weighted by atomic mass is 19.4. The smallest absolute Gasteiger partial charge is 0.471 e. The van der Waals surface area contributed by atoms with E-state index in [0.29, 0.717) is 28.5 Å². The summed E-state index contributed by atoms with van der Waals surface area (Å²) < 4.78 is 52.9. The van der Waals surface area contributed by atoms with Crippen molar-refractivity contribution in [1.29, 1.82) is 0 Å². The molecule has 0 radical (unpaired) electrons. The zero-order valence-electron chi connectivity index (χ0n) is 20.7. The van der Waals surface area contributed by atoms with Crippen molar-refractivity contribution in [3.63, 3.8) is 0 Å². The fourth-order valence-corrected chi connectivity index (χ4v) is 5.25. The second-order valence-corrected chi connectivity index (χ2v) is 9.16. The molecule has 1 N–H and O–H groups in total. The first-order valence-electron chi connectivity index (χ1n) is 12.0. The third kappa shape index (κ3) is 4.49. The number of anilines is 2. The minimum Gasteiger partial charge on any atom is -0.493 e. The highest BCUT2D eigenvalue weighted by Crippen LogP contribution is 2.49. The molecule has 3 aromatic rings. The maximum absolute atomic E-state index is 14.1. The van der Waals surface area contributed by atoms with Crippen LogP contribution in [-0.4, -0.2) is 32.1 Å². The van der Waals surface area contributed by atoms with Gasteiger partial charge in [-0.25, -0.2) is 0 Å². The van der Waals surface area contributed by atoms with Gasteiger partial charge in [-0.3, -0.25) is 14.5 Å². The van der Waals surface area contributed by atoms with Crippen LogP contribution < -0.4 is 19.7 Å². The van der Waals surface area contributed by atoms with Gasteiger partial charge >= 0.3 is 12.1 Å². The molecule has 1 heterocycles. The first kappa shape index (κ1) is 25.4. The molecule has 0 aromatic heterocycles. The van der Waals surface area contributed by atoms with Crippen LogP contribution in [0.4, 0.5) is 24.5 Å². The van der Waals surface area contributed by atoms with E-state index in [0.717, 1.165) is 5.56 Å². The number of Topliss-reactive ketones (excluding diaryl/α,β-unsaturated/α-hetero) is 1. The molecule has 0 unspecified atom stereocenters. The number of carbonyl (C=O) groups is 2. The topological polar surface area (TPSA) is 67.9 Å². The number of halogens is 3. The van der Waals surface area contributed by atoms with Crippen molar-refractivity contribution < 1.29 is 32.2 Å². The van der Waals surface area contributed by atoms with Crippen LogP contribution in [0.1, 0.15) is 35.9 Å². The van der Waals surface area contributed by atoms with E-state index in [1.165, 1.54) is 26.4 Å². The molecule has 2 aliphatic rings. The lowest BCUT2D eigenvalue weighted by Crippen LogP contribution is -2.45. The number of ketones is 1. The predicted octanol–water partition coefficient (Wildman–Crippen LogP) is 6.17. The maximum Gasteiger partial charge on any atom is 0.471 e. The number of benzene rings is 3. The molecule has 0 saturated heterocycles. The largest absolute Gasteiger partial charge is 0.493 e. The Morgan fingerprint density at radius 2 is 1.58 bits per heavy atom. The molecule has 9 heteroatoms. The van der Waals surface area contributed by atoms with Crippen LogP contribution in [0, 0.1) is 0 Å². The number of amides is 1. The van der Waals surface area contributed by atoms with Gasteiger partial charge in [0.25, 0.3) is 0 Å². The summed E-state index contributed by atoms with van der Waals surface area (Å²) in [5.74, 6) is -1.94. The Morgan fingerprint density at radius 1 is 0.895 bits per heavy atom. The zero-order chi connectivity index (χ0) is 27.0. The Balaban J connectivity index is 1.76. The van der Waals surface area contributed by atoms with Crippen LogP contribution in [0.2, 0.25) is 0 Å². The van der Waals surface area contributed by atoms with Crippen LogP contribution in [0.25, 0.3) is 0 Å². The Labute approximate surface area is 217 Å². The van der Waals surface area contributed by atoms with Crippen LogP contribution in [0.15, 0.2) is 84.1 Å². The molecule has 1 aliphatic carbocycles. The summed E-state index contributed by atoms with van der Waals surface area (Å²) in [5.41, 5.74) is 2.18. The molecule has 196 valence electrons. The molecule has 0 bridgehead atoms. The number of carbonyl (C=O) groups excluding carboxylic acids is 2. The number of para-hydroxylation sites is 2. The van der Waals surface area contributed by atoms with E-state index < -0.39 is 18.1 Å². The van der Waals surface area contributed by atoms with Crippen molar-refractivity contribution in [2.24, 2.45) is 0 Å². The minimum atomic E-state index is -5.18. The number of methoxy groups -OCH3 is 2. The van der Waals surface area contributed by atoms with Gasteiger partial charge in [0.1, 0.15) is 0 Å². The minimum absolute atomic E-state index is 0.0214. The van der Waals surface area contributed by atoms with Crippen molar-refractivity contribution in [1.82, 2.24) is 0 Å². The molecular formula is C29H25F3N2O4. The summed E-state index contributed by atoms with van der Waals surface area (Å²) in [7, 11) is 2.85. The molecule has 1 aliphatic heterocycles. The number of alkyl halides is 3. The fraction of sp³-hybridized carbons (Fsp3) is 0.241. The molecule has 5 rings (SSSR count). The molecule has 2 atom stereocenters.